The van der Waals surface area contributed by atoms with E-state index < -0.39 is 5.91 Å². The van der Waals surface area contributed by atoms with Gasteiger partial charge in [0.05, 0.1) is 17.0 Å². The van der Waals surface area contributed by atoms with Crippen LogP contribution in [-0.2, 0) is 19.3 Å². The van der Waals surface area contributed by atoms with E-state index in [9.17, 15) is 4.79 Å². The molecule has 0 saturated carbocycles. The largest absolute Gasteiger partial charge is 0.365 e. The number of hydrogen-bond donors (Lipinski definition) is 1. The van der Waals surface area contributed by atoms with E-state index in [1.54, 1.807) is 40.1 Å². The van der Waals surface area contributed by atoms with Crippen LogP contribution in [0.5, 0.6) is 0 Å². The number of hydrogen-bond acceptors (Lipinski definition) is 6. The number of aromatic nitrogens is 7. The van der Waals surface area contributed by atoms with Crippen molar-refractivity contribution in [3.05, 3.63) is 65.3 Å². The summed E-state index contributed by atoms with van der Waals surface area (Å²) in [6.07, 6.45) is 8.10. The summed E-state index contributed by atoms with van der Waals surface area (Å²) in [5.74, 6) is 0.663. The normalized spacial score (nSPS) is 11.2. The Hall–Kier alpha value is -3.62. The molecular weight excluding hydrogens is 368 g/mol. The first kappa shape index (κ1) is 18.7. The van der Waals surface area contributed by atoms with Gasteiger partial charge in [-0.05, 0) is 24.6 Å². The highest BCUT2D eigenvalue weighted by molar-refractivity contribution is 5.95. The summed E-state index contributed by atoms with van der Waals surface area (Å²) < 4.78 is 3.39. The number of pyridine rings is 1. The molecule has 0 unspecified atom stereocenters. The fraction of sp³-hybridized carbons (Fsp3) is 0.300. The number of rotatable bonds is 7. The highest BCUT2D eigenvalue weighted by Crippen LogP contribution is 2.20. The van der Waals surface area contributed by atoms with Crippen LogP contribution in [0.2, 0.25) is 0 Å². The Labute approximate surface area is 167 Å². The number of nitrogens with zero attached hydrogens (tertiary/aromatic N) is 7. The predicted octanol–water partition coefficient (Wildman–Crippen LogP) is 1.91. The lowest BCUT2D eigenvalue weighted by Gasteiger charge is -2.12. The van der Waals surface area contributed by atoms with Gasteiger partial charge in [-0.2, -0.15) is 5.10 Å². The van der Waals surface area contributed by atoms with Crippen molar-refractivity contribution in [3.8, 4) is 5.82 Å². The maximum absolute atomic E-state index is 11.8. The van der Waals surface area contributed by atoms with Crippen molar-refractivity contribution in [1.29, 1.82) is 0 Å². The van der Waals surface area contributed by atoms with Gasteiger partial charge in [-0.25, -0.2) is 24.1 Å². The van der Waals surface area contributed by atoms with Gasteiger partial charge in [0.15, 0.2) is 17.3 Å². The van der Waals surface area contributed by atoms with Crippen molar-refractivity contribution in [1.82, 2.24) is 34.3 Å². The summed E-state index contributed by atoms with van der Waals surface area (Å²) >= 11 is 0. The van der Waals surface area contributed by atoms with E-state index in [0.717, 1.165) is 47.7 Å². The fourth-order valence-electron chi connectivity index (χ4n) is 3.38. The minimum absolute atomic E-state index is 0.319. The smallest absolute Gasteiger partial charge is 0.252 e. The highest BCUT2D eigenvalue weighted by Gasteiger charge is 2.18. The Kier molecular flexibility index (Phi) is 5.03. The minimum atomic E-state index is -0.545. The van der Waals surface area contributed by atoms with Crippen molar-refractivity contribution < 1.29 is 4.79 Å². The molecule has 2 N–H and O–H groups in total. The number of carbonyl (C=O) groups is 1. The van der Waals surface area contributed by atoms with E-state index in [4.69, 9.17) is 5.73 Å². The number of amides is 1. The summed E-state index contributed by atoms with van der Waals surface area (Å²) in [5.41, 5.74) is 9.52. The molecule has 0 spiro atoms. The van der Waals surface area contributed by atoms with Crippen molar-refractivity contribution in [2.24, 2.45) is 5.73 Å². The second kappa shape index (κ2) is 7.78. The molecule has 0 aliphatic heterocycles. The molecule has 0 atom stereocenters. The van der Waals surface area contributed by atoms with E-state index in [0.29, 0.717) is 17.8 Å². The Bertz CT molecular complexity index is 1180. The van der Waals surface area contributed by atoms with Gasteiger partial charge in [0.25, 0.3) is 5.91 Å². The Morgan fingerprint density at radius 2 is 2.03 bits per heavy atom. The molecule has 29 heavy (non-hydrogen) atoms. The van der Waals surface area contributed by atoms with E-state index in [1.807, 2.05) is 13.0 Å². The number of aryl methyl sites for hydroxylation is 2. The second-order valence-electron chi connectivity index (χ2n) is 6.72. The van der Waals surface area contributed by atoms with Gasteiger partial charge in [-0.1, -0.05) is 20.3 Å². The molecule has 4 rings (SSSR count). The Balaban J connectivity index is 1.79. The Morgan fingerprint density at radius 1 is 1.17 bits per heavy atom. The molecule has 9 heteroatoms. The molecule has 0 aromatic carbocycles. The SMILES string of the molecule is CCCc1c(Cc2ccnn2-c2ncccc2C(N)=O)ncn2nc(CC)nc12. The molecule has 4 aromatic rings. The monoisotopic (exact) mass is 390 g/mol. The standard InChI is InChI=1S/C20H22N8O/c1-3-6-14-16(23-12-27-20(14)25-17(4-2)26-27)11-13-8-10-24-28(13)19-15(18(21)29)7-5-9-22-19/h5,7-10,12H,3-4,6,11H2,1-2H3,(H2,21,29). The van der Waals surface area contributed by atoms with Crippen molar-refractivity contribution in [2.45, 2.75) is 39.5 Å². The third-order valence-corrected chi connectivity index (χ3v) is 4.76. The topological polar surface area (TPSA) is 117 Å². The van der Waals surface area contributed by atoms with Gasteiger partial charge in [0.2, 0.25) is 0 Å². The van der Waals surface area contributed by atoms with Gasteiger partial charge in [-0.15, -0.1) is 5.10 Å². The van der Waals surface area contributed by atoms with E-state index in [-0.39, 0.29) is 0 Å². The third-order valence-electron chi connectivity index (χ3n) is 4.76. The molecule has 0 aliphatic carbocycles. The molecule has 0 saturated heterocycles. The van der Waals surface area contributed by atoms with Crippen LogP contribution in [0.15, 0.2) is 36.9 Å². The molecule has 0 bridgehead atoms. The minimum Gasteiger partial charge on any atom is -0.365 e. The van der Waals surface area contributed by atoms with Crippen LogP contribution in [0.25, 0.3) is 11.5 Å². The van der Waals surface area contributed by atoms with Crippen LogP contribution in [0, 0.1) is 0 Å². The maximum atomic E-state index is 11.8. The zero-order valence-electron chi connectivity index (χ0n) is 16.4. The molecule has 1 amide bonds. The molecule has 0 radical (unpaired) electrons. The number of carbonyl (C=O) groups excluding carboxylic acids is 1. The number of fused-ring (bicyclic) bond motifs is 1. The average molecular weight is 390 g/mol. The lowest BCUT2D eigenvalue weighted by Crippen LogP contribution is -2.17. The van der Waals surface area contributed by atoms with E-state index in [2.05, 4.69) is 32.1 Å². The zero-order chi connectivity index (χ0) is 20.4. The summed E-state index contributed by atoms with van der Waals surface area (Å²) in [6.45, 7) is 4.16. The van der Waals surface area contributed by atoms with Crippen LogP contribution in [-0.4, -0.2) is 40.3 Å². The van der Waals surface area contributed by atoms with Gasteiger partial charge in [0, 0.05) is 30.8 Å². The lowest BCUT2D eigenvalue weighted by atomic mass is 10.1. The first-order chi connectivity index (χ1) is 14.1. The molecule has 148 valence electrons. The van der Waals surface area contributed by atoms with E-state index >= 15 is 0 Å². The summed E-state index contributed by atoms with van der Waals surface area (Å²) in [5, 5.41) is 8.84. The molecule has 0 aliphatic rings. The Morgan fingerprint density at radius 3 is 2.79 bits per heavy atom. The number of primary amides is 1. The van der Waals surface area contributed by atoms with Crippen LogP contribution in [0.1, 0.15) is 53.4 Å². The quantitative estimate of drug-likeness (QED) is 0.515. The van der Waals surface area contributed by atoms with Gasteiger partial charge < -0.3 is 5.73 Å². The molecule has 9 nitrogen and oxygen atoms in total. The summed E-state index contributed by atoms with van der Waals surface area (Å²) in [7, 11) is 0. The molecular formula is C20H22N8O. The van der Waals surface area contributed by atoms with Crippen LogP contribution in [0.3, 0.4) is 0 Å². The third kappa shape index (κ3) is 3.46. The molecule has 0 fully saturated rings. The van der Waals surface area contributed by atoms with Crippen LogP contribution >= 0.6 is 0 Å². The van der Waals surface area contributed by atoms with Crippen molar-refractivity contribution >= 4 is 11.6 Å². The molecule has 4 heterocycles. The number of nitrogens with two attached hydrogens (primary N) is 1. The zero-order valence-corrected chi connectivity index (χ0v) is 16.4. The first-order valence-electron chi connectivity index (χ1n) is 9.62. The first-order valence-corrected chi connectivity index (χ1v) is 9.62. The van der Waals surface area contributed by atoms with Gasteiger partial charge in [0.1, 0.15) is 6.33 Å². The lowest BCUT2D eigenvalue weighted by molar-refractivity contribution is 0.1000. The predicted molar refractivity (Wildman–Crippen MR) is 107 cm³/mol. The summed E-state index contributed by atoms with van der Waals surface area (Å²) in [6, 6.07) is 5.21. The summed E-state index contributed by atoms with van der Waals surface area (Å²) in [4.78, 5) is 25.5. The molecule has 4 aromatic heterocycles. The van der Waals surface area contributed by atoms with Gasteiger partial charge >= 0.3 is 0 Å². The van der Waals surface area contributed by atoms with Crippen LogP contribution < -0.4 is 5.73 Å². The maximum Gasteiger partial charge on any atom is 0.252 e. The highest BCUT2D eigenvalue weighted by atomic mass is 16.1. The van der Waals surface area contributed by atoms with Crippen LogP contribution in [0.4, 0.5) is 0 Å². The van der Waals surface area contributed by atoms with Gasteiger partial charge in [-0.3, -0.25) is 4.79 Å². The van der Waals surface area contributed by atoms with E-state index in [1.165, 1.54) is 0 Å². The fourth-order valence-corrected chi connectivity index (χ4v) is 3.38. The average Bonchev–Trinajstić information content (AvgIpc) is 3.36. The van der Waals surface area contributed by atoms with Crippen molar-refractivity contribution in [3.63, 3.8) is 0 Å². The second-order valence-corrected chi connectivity index (χ2v) is 6.72. The van der Waals surface area contributed by atoms with Crippen molar-refractivity contribution in [2.75, 3.05) is 0 Å².